The number of carbonyl (C=O) groups is 2. The Morgan fingerprint density at radius 1 is 0.963 bits per heavy atom. The third-order valence-electron chi connectivity index (χ3n) is 3.32. The van der Waals surface area contributed by atoms with Crippen molar-refractivity contribution in [3.63, 3.8) is 0 Å². The van der Waals surface area contributed by atoms with E-state index >= 15 is 0 Å². The van der Waals surface area contributed by atoms with Crippen molar-refractivity contribution in [2.45, 2.75) is 13.1 Å². The summed E-state index contributed by atoms with van der Waals surface area (Å²) in [6.45, 7) is 1.60. The molecule has 0 spiro atoms. The quantitative estimate of drug-likeness (QED) is 0.561. The van der Waals surface area contributed by atoms with Gasteiger partial charge in [0, 0.05) is 11.3 Å². The van der Waals surface area contributed by atoms with Crippen LogP contribution in [0.5, 0.6) is 0 Å². The van der Waals surface area contributed by atoms with Gasteiger partial charge in [0.15, 0.2) is 0 Å². The number of benzene rings is 2. The molecule has 0 aliphatic rings. The van der Waals surface area contributed by atoms with Gasteiger partial charge in [-0.2, -0.15) is 18.3 Å². The monoisotopic (exact) mass is 417 g/mol. The number of hydrogen-bond donors (Lipinski definition) is 2. The maximum atomic E-state index is 12.2. The van der Waals surface area contributed by atoms with E-state index in [1.54, 1.807) is 12.2 Å². The van der Waals surface area contributed by atoms with Crippen molar-refractivity contribution in [1.29, 1.82) is 0 Å². The minimum atomic E-state index is -4.97. The van der Waals surface area contributed by atoms with Gasteiger partial charge in [0.05, 0.1) is 15.8 Å². The van der Waals surface area contributed by atoms with E-state index < -0.39 is 18.0 Å². The summed E-state index contributed by atoms with van der Waals surface area (Å²) in [5.74, 6) is -2.57. The lowest BCUT2D eigenvalue weighted by Crippen LogP contribution is -2.29. The van der Waals surface area contributed by atoms with Gasteiger partial charge in [-0.15, -0.1) is 0 Å². The lowest BCUT2D eigenvalue weighted by atomic mass is 10.1. The average molecular weight is 418 g/mol. The number of halogens is 5. The molecule has 0 saturated carbocycles. The van der Waals surface area contributed by atoms with E-state index in [1.807, 2.05) is 0 Å². The predicted molar refractivity (Wildman–Crippen MR) is 97.3 cm³/mol. The Balaban J connectivity index is 2.04. The van der Waals surface area contributed by atoms with Gasteiger partial charge in [0.2, 0.25) is 0 Å². The first-order valence-electron chi connectivity index (χ1n) is 7.36. The van der Waals surface area contributed by atoms with Crippen molar-refractivity contribution in [3.05, 3.63) is 63.6 Å². The summed E-state index contributed by atoms with van der Waals surface area (Å²) in [7, 11) is 0. The largest absolute Gasteiger partial charge is 0.471 e. The van der Waals surface area contributed by atoms with Crippen LogP contribution < -0.4 is 10.7 Å². The third kappa shape index (κ3) is 5.70. The van der Waals surface area contributed by atoms with Crippen molar-refractivity contribution in [2.75, 3.05) is 5.32 Å². The first-order valence-corrected chi connectivity index (χ1v) is 8.12. The number of anilines is 1. The van der Waals surface area contributed by atoms with Gasteiger partial charge in [-0.3, -0.25) is 9.59 Å². The molecule has 5 nitrogen and oxygen atoms in total. The van der Waals surface area contributed by atoms with Gasteiger partial charge in [-0.25, -0.2) is 5.43 Å². The molecule has 0 atom stereocenters. The predicted octanol–water partition coefficient (Wildman–Crippen LogP) is 4.65. The number of rotatable bonds is 4. The van der Waals surface area contributed by atoms with Gasteiger partial charge in [-0.05, 0) is 42.8 Å². The lowest BCUT2D eigenvalue weighted by molar-refractivity contribution is -0.167. The molecule has 2 rings (SSSR count). The number of alkyl halides is 3. The summed E-state index contributed by atoms with van der Waals surface area (Å²) in [5, 5.41) is 6.19. The van der Waals surface area contributed by atoms with E-state index in [9.17, 15) is 22.8 Å². The summed E-state index contributed by atoms with van der Waals surface area (Å²) < 4.78 is 36.7. The zero-order valence-electron chi connectivity index (χ0n) is 13.7. The number of amides is 2. The molecule has 0 heterocycles. The van der Waals surface area contributed by atoms with Crippen molar-refractivity contribution >= 4 is 46.4 Å². The fraction of sp³-hybridized carbons (Fsp3) is 0.118. The minimum Gasteiger partial charge on any atom is -0.318 e. The Labute approximate surface area is 162 Å². The molecule has 2 N–H and O–H groups in total. The van der Waals surface area contributed by atoms with Crippen LogP contribution >= 0.6 is 23.2 Å². The fourth-order valence-corrected chi connectivity index (χ4v) is 2.20. The first-order chi connectivity index (χ1) is 12.6. The number of carbonyl (C=O) groups excluding carboxylic acids is 2. The average Bonchev–Trinajstić information content (AvgIpc) is 2.61. The van der Waals surface area contributed by atoms with Crippen LogP contribution in [-0.2, 0) is 4.79 Å². The van der Waals surface area contributed by atoms with Crippen LogP contribution in [0.1, 0.15) is 22.8 Å². The molecule has 10 heteroatoms. The third-order valence-corrected chi connectivity index (χ3v) is 4.06. The van der Waals surface area contributed by atoms with E-state index in [-0.39, 0.29) is 16.3 Å². The Morgan fingerprint density at radius 2 is 1.56 bits per heavy atom. The van der Waals surface area contributed by atoms with E-state index in [0.717, 1.165) is 0 Å². The van der Waals surface area contributed by atoms with Crippen LogP contribution in [0, 0.1) is 0 Å². The van der Waals surface area contributed by atoms with Crippen molar-refractivity contribution in [3.8, 4) is 0 Å². The zero-order valence-corrected chi connectivity index (χ0v) is 15.2. The molecule has 2 aromatic carbocycles. The molecule has 27 heavy (non-hydrogen) atoms. The van der Waals surface area contributed by atoms with Gasteiger partial charge < -0.3 is 5.32 Å². The molecule has 0 saturated heterocycles. The molecule has 0 radical (unpaired) electrons. The molecule has 0 aliphatic carbocycles. The van der Waals surface area contributed by atoms with E-state index in [4.69, 9.17) is 23.2 Å². The highest BCUT2D eigenvalue weighted by molar-refractivity contribution is 6.42. The molecule has 0 aliphatic heterocycles. The summed E-state index contributed by atoms with van der Waals surface area (Å²) >= 11 is 11.6. The van der Waals surface area contributed by atoms with Crippen LogP contribution in [0.3, 0.4) is 0 Å². The molecule has 0 bridgehead atoms. The highest BCUT2D eigenvalue weighted by Crippen LogP contribution is 2.22. The van der Waals surface area contributed by atoms with Crippen molar-refractivity contribution in [2.24, 2.45) is 5.10 Å². The second-order valence-electron chi connectivity index (χ2n) is 5.30. The standard InChI is InChI=1S/C17H12Cl2F3N3O2/c1-9(24-25-15(26)11-4-7-13(18)14(19)8-11)10-2-5-12(6-3-10)23-16(27)17(20,21)22/h2-8H,1H3,(H,23,27)(H,25,26). The van der Waals surface area contributed by atoms with Crippen LogP contribution in [0.25, 0.3) is 0 Å². The van der Waals surface area contributed by atoms with Gasteiger partial charge in [-0.1, -0.05) is 35.3 Å². The Kier molecular flexibility index (Phi) is 6.45. The number of hydrazone groups is 1. The van der Waals surface area contributed by atoms with Crippen molar-refractivity contribution in [1.82, 2.24) is 5.43 Å². The lowest BCUT2D eigenvalue weighted by Gasteiger charge is -2.08. The normalized spacial score (nSPS) is 11.9. The molecular formula is C17H12Cl2F3N3O2. The Morgan fingerprint density at radius 3 is 2.11 bits per heavy atom. The molecule has 0 unspecified atom stereocenters. The fourth-order valence-electron chi connectivity index (χ4n) is 1.90. The molecule has 2 amide bonds. The second-order valence-corrected chi connectivity index (χ2v) is 6.11. The smallest absolute Gasteiger partial charge is 0.318 e. The molecule has 0 fully saturated rings. The topological polar surface area (TPSA) is 70.6 Å². The molecule has 142 valence electrons. The molecule has 2 aromatic rings. The number of hydrogen-bond acceptors (Lipinski definition) is 3. The number of nitrogens with zero attached hydrogens (tertiary/aromatic N) is 1. The van der Waals surface area contributed by atoms with Crippen LogP contribution in [0.4, 0.5) is 18.9 Å². The second kappa shape index (κ2) is 8.41. The maximum absolute atomic E-state index is 12.2. The molecular weight excluding hydrogens is 406 g/mol. The molecule has 0 aromatic heterocycles. The number of nitrogens with one attached hydrogen (secondary N) is 2. The van der Waals surface area contributed by atoms with E-state index in [2.05, 4.69) is 10.5 Å². The zero-order chi connectivity index (χ0) is 20.2. The Hall–Kier alpha value is -2.58. The first kappa shape index (κ1) is 20.7. The van der Waals surface area contributed by atoms with Gasteiger partial charge in [0.1, 0.15) is 0 Å². The minimum absolute atomic E-state index is 0.0197. The summed E-state index contributed by atoms with van der Waals surface area (Å²) in [5.41, 5.74) is 3.51. The van der Waals surface area contributed by atoms with E-state index in [0.29, 0.717) is 16.3 Å². The van der Waals surface area contributed by atoms with Gasteiger partial charge >= 0.3 is 12.1 Å². The van der Waals surface area contributed by atoms with Crippen molar-refractivity contribution < 1.29 is 22.8 Å². The van der Waals surface area contributed by atoms with Gasteiger partial charge in [0.25, 0.3) is 5.91 Å². The summed E-state index contributed by atoms with van der Waals surface area (Å²) in [6.07, 6.45) is -4.97. The van der Waals surface area contributed by atoms with Crippen LogP contribution in [0.2, 0.25) is 10.0 Å². The summed E-state index contributed by atoms with van der Waals surface area (Å²) in [4.78, 5) is 22.9. The Bertz CT molecular complexity index is 897. The maximum Gasteiger partial charge on any atom is 0.471 e. The van der Waals surface area contributed by atoms with E-state index in [1.165, 1.54) is 42.5 Å². The van der Waals surface area contributed by atoms with Crippen LogP contribution in [-0.4, -0.2) is 23.7 Å². The SMILES string of the molecule is CC(=NNC(=O)c1ccc(Cl)c(Cl)c1)c1ccc(NC(=O)C(F)(F)F)cc1. The highest BCUT2D eigenvalue weighted by Gasteiger charge is 2.38. The van der Waals surface area contributed by atoms with Crippen LogP contribution in [0.15, 0.2) is 47.6 Å². The summed E-state index contributed by atoms with van der Waals surface area (Å²) in [6, 6.07) is 9.84. The highest BCUT2D eigenvalue weighted by atomic mass is 35.5.